The van der Waals surface area contributed by atoms with E-state index in [9.17, 15) is 8.42 Å². The zero-order chi connectivity index (χ0) is 20.6. The first-order valence-electron chi connectivity index (χ1n) is 9.21. The maximum absolute atomic E-state index is 12.3. The highest BCUT2D eigenvalue weighted by Crippen LogP contribution is 2.29. The molecule has 2 N–H and O–H groups in total. The molecule has 152 valence electrons. The van der Waals surface area contributed by atoms with E-state index in [2.05, 4.69) is 40.9 Å². The molecule has 0 saturated heterocycles. The fourth-order valence-electron chi connectivity index (χ4n) is 2.81. The van der Waals surface area contributed by atoms with Crippen LogP contribution in [0.1, 0.15) is 18.7 Å². The molecule has 0 aliphatic heterocycles. The topological polar surface area (TPSA) is 102 Å². The first-order valence-corrected chi connectivity index (χ1v) is 11.5. The summed E-state index contributed by atoms with van der Waals surface area (Å²) < 4.78 is 30.0. The third kappa shape index (κ3) is 4.49. The number of sulfonamides is 1. The van der Waals surface area contributed by atoms with Crippen LogP contribution in [0.15, 0.2) is 46.0 Å². The van der Waals surface area contributed by atoms with E-state index >= 15 is 0 Å². The van der Waals surface area contributed by atoms with Crippen molar-refractivity contribution < 1.29 is 8.42 Å². The molecule has 10 heteroatoms. The Labute approximate surface area is 178 Å². The van der Waals surface area contributed by atoms with Crippen molar-refractivity contribution in [1.82, 2.24) is 24.2 Å². The van der Waals surface area contributed by atoms with Gasteiger partial charge in [0, 0.05) is 25.5 Å². The minimum absolute atomic E-state index is 0.242. The molecule has 1 aliphatic rings. The molecule has 1 fully saturated rings. The molecule has 1 saturated carbocycles. The van der Waals surface area contributed by atoms with Crippen molar-refractivity contribution >= 4 is 37.6 Å². The summed E-state index contributed by atoms with van der Waals surface area (Å²) in [7, 11) is -1.55. The van der Waals surface area contributed by atoms with E-state index in [1.54, 1.807) is 36.7 Å². The molecule has 0 spiro atoms. The number of aromatic nitrogens is 4. The molecule has 0 bridgehead atoms. The van der Waals surface area contributed by atoms with E-state index in [0.717, 1.165) is 28.8 Å². The van der Waals surface area contributed by atoms with Crippen LogP contribution in [-0.4, -0.2) is 34.5 Å². The second kappa shape index (κ2) is 7.85. The Morgan fingerprint density at radius 2 is 1.90 bits per heavy atom. The number of nitrogens with one attached hydrogen (secondary N) is 2. The van der Waals surface area contributed by atoms with Crippen LogP contribution in [0.4, 0.5) is 11.6 Å². The van der Waals surface area contributed by atoms with Gasteiger partial charge in [-0.15, -0.1) is 0 Å². The molecule has 0 unspecified atom stereocenters. The second-order valence-corrected chi connectivity index (χ2v) is 9.71. The van der Waals surface area contributed by atoms with Crippen molar-refractivity contribution in [3.63, 3.8) is 0 Å². The average molecular weight is 477 g/mol. The summed E-state index contributed by atoms with van der Waals surface area (Å²) in [5.74, 6) is 1.77. The van der Waals surface area contributed by atoms with E-state index in [1.807, 2.05) is 18.5 Å². The maximum atomic E-state index is 12.3. The van der Waals surface area contributed by atoms with Crippen LogP contribution in [0.3, 0.4) is 0 Å². The minimum atomic E-state index is -3.48. The number of hydrogen-bond acceptors (Lipinski definition) is 6. The lowest BCUT2D eigenvalue weighted by Crippen LogP contribution is -2.25. The smallest absolute Gasteiger partial charge is 0.240 e. The van der Waals surface area contributed by atoms with Gasteiger partial charge in [0.15, 0.2) is 0 Å². The number of hydrogen-bond donors (Lipinski definition) is 2. The highest BCUT2D eigenvalue weighted by molar-refractivity contribution is 9.10. The summed E-state index contributed by atoms with van der Waals surface area (Å²) >= 11 is 3.49. The van der Waals surface area contributed by atoms with Crippen molar-refractivity contribution in [2.24, 2.45) is 13.0 Å². The van der Waals surface area contributed by atoms with Crippen molar-refractivity contribution in [2.75, 3.05) is 11.9 Å². The average Bonchev–Trinajstić information content (AvgIpc) is 3.48. The zero-order valence-corrected chi connectivity index (χ0v) is 18.5. The molecule has 2 aromatic heterocycles. The molecule has 4 rings (SSSR count). The van der Waals surface area contributed by atoms with Gasteiger partial charge in [-0.05, 0) is 65.9 Å². The van der Waals surface area contributed by atoms with Gasteiger partial charge in [-0.1, -0.05) is 0 Å². The Morgan fingerprint density at radius 3 is 2.52 bits per heavy atom. The molecular weight excluding hydrogens is 456 g/mol. The molecular formula is C19H21BrN6O2S. The van der Waals surface area contributed by atoms with Crippen LogP contribution >= 0.6 is 15.9 Å². The van der Waals surface area contributed by atoms with Crippen LogP contribution in [0.5, 0.6) is 0 Å². The molecule has 8 nitrogen and oxygen atoms in total. The number of benzene rings is 1. The second-order valence-electron chi connectivity index (χ2n) is 7.08. The molecule has 3 aromatic rings. The van der Waals surface area contributed by atoms with Crippen molar-refractivity contribution in [3.8, 4) is 11.4 Å². The quantitative estimate of drug-likeness (QED) is 0.541. The van der Waals surface area contributed by atoms with Gasteiger partial charge in [-0.2, -0.15) is 0 Å². The van der Waals surface area contributed by atoms with Gasteiger partial charge in [0.2, 0.25) is 16.0 Å². The molecule has 1 aliphatic carbocycles. The van der Waals surface area contributed by atoms with Gasteiger partial charge in [-0.25, -0.2) is 28.1 Å². The van der Waals surface area contributed by atoms with Crippen LogP contribution in [0.2, 0.25) is 0 Å². The van der Waals surface area contributed by atoms with Crippen LogP contribution < -0.4 is 10.0 Å². The number of halogens is 1. The Morgan fingerprint density at radius 1 is 1.17 bits per heavy atom. The summed E-state index contributed by atoms with van der Waals surface area (Å²) in [5, 5.41) is 3.12. The lowest BCUT2D eigenvalue weighted by molar-refractivity contribution is 0.577. The van der Waals surface area contributed by atoms with E-state index < -0.39 is 10.0 Å². The Balaban J connectivity index is 1.52. The van der Waals surface area contributed by atoms with E-state index in [-0.39, 0.29) is 4.90 Å². The zero-order valence-electron chi connectivity index (χ0n) is 16.1. The molecule has 29 heavy (non-hydrogen) atoms. The Bertz CT molecular complexity index is 1140. The third-order valence-electron chi connectivity index (χ3n) is 4.89. The predicted octanol–water partition coefficient (Wildman–Crippen LogP) is 3.38. The molecule has 0 radical (unpaired) electrons. The largest absolute Gasteiger partial charge is 0.330 e. The first kappa shape index (κ1) is 20.0. The standard InChI is InChI=1S/C19H21BrN6O2S/c1-12-21-11-17(26(12)2)18-16(20)10-22-19(25-18)24-14-5-7-15(8-6-14)29(27,28)23-9-13-3-4-13/h5-8,10-11,13,23H,3-4,9H2,1-2H3,(H,22,24,25). The summed E-state index contributed by atoms with van der Waals surface area (Å²) in [6.07, 6.45) is 5.63. The van der Waals surface area contributed by atoms with E-state index in [4.69, 9.17) is 0 Å². The first-order chi connectivity index (χ1) is 13.8. The highest BCUT2D eigenvalue weighted by Gasteiger charge is 2.24. The molecule has 1 aromatic carbocycles. The number of nitrogens with zero attached hydrogens (tertiary/aromatic N) is 4. The van der Waals surface area contributed by atoms with Crippen molar-refractivity contribution in [1.29, 1.82) is 0 Å². The van der Waals surface area contributed by atoms with Gasteiger partial charge in [0.25, 0.3) is 0 Å². The summed E-state index contributed by atoms with van der Waals surface area (Å²) in [5.41, 5.74) is 2.28. The summed E-state index contributed by atoms with van der Waals surface area (Å²) in [6.45, 7) is 2.43. The fourth-order valence-corrected chi connectivity index (χ4v) is 4.32. The lowest BCUT2D eigenvalue weighted by atomic mass is 10.3. The number of rotatable bonds is 7. The van der Waals surface area contributed by atoms with Crippen LogP contribution in [0.25, 0.3) is 11.4 Å². The monoisotopic (exact) mass is 476 g/mol. The fraction of sp³-hybridized carbons (Fsp3) is 0.316. The van der Waals surface area contributed by atoms with Crippen molar-refractivity contribution in [3.05, 3.63) is 47.0 Å². The SMILES string of the molecule is Cc1ncc(-c2nc(Nc3ccc(S(=O)(=O)NCC4CC4)cc3)ncc2Br)n1C. The Kier molecular flexibility index (Phi) is 5.41. The lowest BCUT2D eigenvalue weighted by Gasteiger charge is -2.10. The number of aryl methyl sites for hydroxylation is 1. The normalized spacial score (nSPS) is 14.2. The van der Waals surface area contributed by atoms with Gasteiger partial charge in [0.05, 0.1) is 21.3 Å². The van der Waals surface area contributed by atoms with Gasteiger partial charge in [0.1, 0.15) is 11.5 Å². The molecule has 0 amide bonds. The van der Waals surface area contributed by atoms with Crippen molar-refractivity contribution in [2.45, 2.75) is 24.7 Å². The molecule has 0 atom stereocenters. The molecule has 2 heterocycles. The van der Waals surface area contributed by atoms with Crippen LogP contribution in [-0.2, 0) is 17.1 Å². The van der Waals surface area contributed by atoms with Gasteiger partial charge < -0.3 is 9.88 Å². The predicted molar refractivity (Wildman–Crippen MR) is 114 cm³/mol. The van der Waals surface area contributed by atoms with E-state index in [1.165, 1.54) is 0 Å². The van der Waals surface area contributed by atoms with Gasteiger partial charge >= 0.3 is 0 Å². The number of anilines is 2. The van der Waals surface area contributed by atoms with Crippen LogP contribution in [0, 0.1) is 12.8 Å². The third-order valence-corrected chi connectivity index (χ3v) is 6.91. The van der Waals surface area contributed by atoms with E-state index in [0.29, 0.717) is 29.8 Å². The summed E-state index contributed by atoms with van der Waals surface area (Å²) in [6, 6.07) is 6.54. The Hall–Kier alpha value is -2.30. The maximum Gasteiger partial charge on any atom is 0.240 e. The van der Waals surface area contributed by atoms with Gasteiger partial charge in [-0.3, -0.25) is 0 Å². The summed E-state index contributed by atoms with van der Waals surface area (Å²) in [4.78, 5) is 13.4. The highest BCUT2D eigenvalue weighted by atomic mass is 79.9. The number of imidazole rings is 1. The minimum Gasteiger partial charge on any atom is -0.330 e.